The zero-order valence-electron chi connectivity index (χ0n) is 11.0. The summed E-state index contributed by atoms with van der Waals surface area (Å²) in [5.74, 6) is 0. The minimum absolute atomic E-state index is 1.17. The largest absolute Gasteiger partial charge is 0.0654 e. The molecule has 0 nitrogen and oxygen atoms in total. The van der Waals surface area contributed by atoms with Gasteiger partial charge in [0.2, 0.25) is 0 Å². The van der Waals surface area contributed by atoms with Crippen LogP contribution in [0.15, 0.2) is 54.6 Å². The molecule has 0 spiro atoms. The van der Waals surface area contributed by atoms with E-state index in [2.05, 4.69) is 67.6 Å². The predicted molar refractivity (Wildman–Crippen MR) is 80.4 cm³/mol. The van der Waals surface area contributed by atoms with E-state index in [4.69, 9.17) is 0 Å². The Morgan fingerprint density at radius 3 is 2.33 bits per heavy atom. The van der Waals surface area contributed by atoms with Crippen LogP contribution in [0.3, 0.4) is 0 Å². The quantitative estimate of drug-likeness (QED) is 0.626. The molecule has 0 N–H and O–H groups in total. The molecule has 2 rings (SSSR count). The van der Waals surface area contributed by atoms with Crippen molar-refractivity contribution in [2.24, 2.45) is 0 Å². The van der Waals surface area contributed by atoms with Gasteiger partial charge in [-0.05, 0) is 29.5 Å². The van der Waals surface area contributed by atoms with Gasteiger partial charge in [-0.3, -0.25) is 0 Å². The number of hydrogen-bond acceptors (Lipinski definition) is 0. The second-order valence-electron chi connectivity index (χ2n) is 4.55. The Labute approximate surface area is 110 Å². The van der Waals surface area contributed by atoms with Crippen LogP contribution in [0.1, 0.15) is 36.5 Å². The second-order valence-corrected chi connectivity index (χ2v) is 4.55. The van der Waals surface area contributed by atoms with Crippen molar-refractivity contribution < 1.29 is 0 Å². The zero-order chi connectivity index (χ0) is 12.6. The van der Waals surface area contributed by atoms with Gasteiger partial charge in [0.05, 0.1) is 0 Å². The van der Waals surface area contributed by atoms with E-state index < -0.39 is 0 Å². The molecule has 0 bridgehead atoms. The standard InChI is InChI=1S/C18H20/c1-2-3-11-17-12-7-8-13-18(17)15-14-16-9-5-4-6-10-16/h4-10,12-15H,2-3,11H2,1H3/b15-14+. The fourth-order valence-electron chi connectivity index (χ4n) is 2.04. The van der Waals surface area contributed by atoms with Crippen molar-refractivity contribution in [2.75, 3.05) is 0 Å². The summed E-state index contributed by atoms with van der Waals surface area (Å²) in [6.07, 6.45) is 8.09. The van der Waals surface area contributed by atoms with E-state index in [1.165, 1.54) is 36.0 Å². The van der Waals surface area contributed by atoms with Crippen LogP contribution in [0.2, 0.25) is 0 Å². The molecule has 2 aromatic rings. The molecule has 0 heterocycles. The van der Waals surface area contributed by atoms with Gasteiger partial charge in [-0.1, -0.05) is 80.1 Å². The molecule has 0 aliphatic carbocycles. The van der Waals surface area contributed by atoms with E-state index in [-0.39, 0.29) is 0 Å². The molecule has 0 aliphatic rings. The number of rotatable bonds is 5. The van der Waals surface area contributed by atoms with Crippen molar-refractivity contribution in [2.45, 2.75) is 26.2 Å². The summed E-state index contributed by atoms with van der Waals surface area (Å²) in [5.41, 5.74) is 4.05. The second kappa shape index (κ2) is 6.80. The molecule has 0 aliphatic heterocycles. The summed E-state index contributed by atoms with van der Waals surface area (Å²) in [5, 5.41) is 0. The van der Waals surface area contributed by atoms with Gasteiger partial charge in [0.15, 0.2) is 0 Å². The van der Waals surface area contributed by atoms with Crippen molar-refractivity contribution in [3.63, 3.8) is 0 Å². The smallest absolute Gasteiger partial charge is 0.0224 e. The Morgan fingerprint density at radius 2 is 1.56 bits per heavy atom. The summed E-state index contributed by atoms with van der Waals surface area (Å²) in [6, 6.07) is 19.1. The highest BCUT2D eigenvalue weighted by atomic mass is 14.0. The third-order valence-electron chi connectivity index (χ3n) is 3.11. The van der Waals surface area contributed by atoms with Crippen LogP contribution in [-0.2, 0) is 6.42 Å². The summed E-state index contributed by atoms with van der Waals surface area (Å²) in [7, 11) is 0. The molecule has 0 saturated heterocycles. The number of hydrogen-bond donors (Lipinski definition) is 0. The van der Waals surface area contributed by atoms with Crippen LogP contribution in [0, 0.1) is 0 Å². The van der Waals surface area contributed by atoms with E-state index in [1.807, 2.05) is 6.07 Å². The molecule has 92 valence electrons. The lowest BCUT2D eigenvalue weighted by Gasteiger charge is -2.04. The molecule has 0 fully saturated rings. The molecule has 0 amide bonds. The lowest BCUT2D eigenvalue weighted by molar-refractivity contribution is 0.794. The normalized spacial score (nSPS) is 10.9. The van der Waals surface area contributed by atoms with Crippen molar-refractivity contribution in [1.29, 1.82) is 0 Å². The zero-order valence-corrected chi connectivity index (χ0v) is 11.0. The first-order valence-electron chi connectivity index (χ1n) is 6.71. The lowest BCUT2D eigenvalue weighted by Crippen LogP contribution is -1.88. The fourth-order valence-corrected chi connectivity index (χ4v) is 2.04. The SMILES string of the molecule is CCCCc1ccccc1/C=C/c1ccccc1. The molecule has 0 aromatic heterocycles. The van der Waals surface area contributed by atoms with Crippen molar-refractivity contribution in [3.05, 3.63) is 71.3 Å². The minimum atomic E-state index is 1.17. The molecule has 0 unspecified atom stereocenters. The highest BCUT2D eigenvalue weighted by Crippen LogP contribution is 2.15. The summed E-state index contributed by atoms with van der Waals surface area (Å²) < 4.78 is 0. The van der Waals surface area contributed by atoms with E-state index in [9.17, 15) is 0 Å². The topological polar surface area (TPSA) is 0 Å². The van der Waals surface area contributed by atoms with Crippen LogP contribution in [-0.4, -0.2) is 0 Å². The molecule has 18 heavy (non-hydrogen) atoms. The van der Waals surface area contributed by atoms with Crippen LogP contribution in [0.4, 0.5) is 0 Å². The van der Waals surface area contributed by atoms with Gasteiger partial charge < -0.3 is 0 Å². The summed E-state index contributed by atoms with van der Waals surface area (Å²) >= 11 is 0. The summed E-state index contributed by atoms with van der Waals surface area (Å²) in [6.45, 7) is 2.24. The Bertz CT molecular complexity index is 494. The highest BCUT2D eigenvalue weighted by Gasteiger charge is 1.97. The lowest BCUT2D eigenvalue weighted by atomic mass is 10.0. The first kappa shape index (κ1) is 12.6. The monoisotopic (exact) mass is 236 g/mol. The molecule has 0 atom stereocenters. The highest BCUT2D eigenvalue weighted by molar-refractivity contribution is 5.71. The van der Waals surface area contributed by atoms with Gasteiger partial charge in [-0.25, -0.2) is 0 Å². The maximum atomic E-state index is 2.24. The molecular weight excluding hydrogens is 216 g/mol. The maximum absolute atomic E-state index is 2.24. The number of benzene rings is 2. The summed E-state index contributed by atoms with van der Waals surface area (Å²) in [4.78, 5) is 0. The fraction of sp³-hybridized carbons (Fsp3) is 0.222. The van der Waals surface area contributed by atoms with Crippen molar-refractivity contribution in [1.82, 2.24) is 0 Å². The van der Waals surface area contributed by atoms with Gasteiger partial charge in [0.1, 0.15) is 0 Å². The van der Waals surface area contributed by atoms with Crippen LogP contribution in [0.5, 0.6) is 0 Å². The Balaban J connectivity index is 2.15. The van der Waals surface area contributed by atoms with Gasteiger partial charge in [-0.2, -0.15) is 0 Å². The average molecular weight is 236 g/mol. The maximum Gasteiger partial charge on any atom is -0.0224 e. The Kier molecular flexibility index (Phi) is 4.78. The minimum Gasteiger partial charge on any atom is -0.0654 e. The Hall–Kier alpha value is -1.82. The van der Waals surface area contributed by atoms with E-state index in [1.54, 1.807) is 0 Å². The van der Waals surface area contributed by atoms with E-state index in [0.717, 1.165) is 0 Å². The predicted octanol–water partition coefficient (Wildman–Crippen LogP) is 5.20. The molecule has 0 radical (unpaired) electrons. The molecular formula is C18H20. The van der Waals surface area contributed by atoms with Gasteiger partial charge in [0.25, 0.3) is 0 Å². The van der Waals surface area contributed by atoms with Crippen LogP contribution < -0.4 is 0 Å². The first-order valence-corrected chi connectivity index (χ1v) is 6.71. The van der Waals surface area contributed by atoms with E-state index >= 15 is 0 Å². The molecule has 0 heteroatoms. The molecule has 2 aromatic carbocycles. The Morgan fingerprint density at radius 1 is 0.833 bits per heavy atom. The van der Waals surface area contributed by atoms with Gasteiger partial charge in [-0.15, -0.1) is 0 Å². The number of unbranched alkanes of at least 4 members (excludes halogenated alkanes) is 1. The van der Waals surface area contributed by atoms with Crippen molar-refractivity contribution in [3.8, 4) is 0 Å². The van der Waals surface area contributed by atoms with E-state index in [0.29, 0.717) is 0 Å². The van der Waals surface area contributed by atoms with Crippen LogP contribution >= 0.6 is 0 Å². The van der Waals surface area contributed by atoms with Crippen LogP contribution in [0.25, 0.3) is 12.2 Å². The third kappa shape index (κ3) is 3.59. The third-order valence-corrected chi connectivity index (χ3v) is 3.11. The first-order chi connectivity index (χ1) is 8.90. The molecule has 0 saturated carbocycles. The van der Waals surface area contributed by atoms with Crippen molar-refractivity contribution >= 4 is 12.2 Å². The van der Waals surface area contributed by atoms with Gasteiger partial charge >= 0.3 is 0 Å². The average Bonchev–Trinajstić information content (AvgIpc) is 2.45. The van der Waals surface area contributed by atoms with Gasteiger partial charge in [0, 0.05) is 0 Å². The number of aryl methyl sites for hydroxylation is 1.